The van der Waals surface area contributed by atoms with Gasteiger partial charge in [-0.25, -0.2) is 9.56 Å². The smallest absolute Gasteiger partial charge is 0.271 e. The van der Waals surface area contributed by atoms with E-state index in [9.17, 15) is 0 Å². The lowest BCUT2D eigenvalue weighted by molar-refractivity contribution is -0.646. The van der Waals surface area contributed by atoms with Crippen molar-refractivity contribution in [3.05, 3.63) is 11.6 Å². The summed E-state index contributed by atoms with van der Waals surface area (Å²) in [6.45, 7) is 3.40. The highest BCUT2D eigenvalue weighted by molar-refractivity contribution is 6.28. The summed E-state index contributed by atoms with van der Waals surface area (Å²) < 4.78 is 1.80. The number of nitrogens with zero attached hydrogens (tertiary/aromatic N) is 4. The van der Waals surface area contributed by atoms with Crippen molar-refractivity contribution in [2.24, 2.45) is 12.0 Å². The van der Waals surface area contributed by atoms with Crippen molar-refractivity contribution in [1.82, 2.24) is 15.0 Å². The first-order chi connectivity index (χ1) is 6.22. The fraction of sp³-hybridized carbons (Fsp3) is 0.143. The van der Waals surface area contributed by atoms with Gasteiger partial charge in [-0.3, -0.25) is 4.98 Å². The second-order valence-electron chi connectivity index (χ2n) is 2.56. The number of nitrogens with one attached hydrogen (secondary N) is 1. The minimum Gasteiger partial charge on any atom is -0.271 e. The molecule has 0 aliphatic heterocycles. The number of imidazole rings is 1. The number of aliphatic imine (C=N–C) groups is 1. The van der Waals surface area contributed by atoms with E-state index < -0.39 is 0 Å². The number of aromatic nitrogens is 4. The molecule has 0 aromatic carbocycles. The molecule has 13 heavy (non-hydrogen) atoms. The molecule has 0 saturated carbocycles. The van der Waals surface area contributed by atoms with Gasteiger partial charge in [0.25, 0.3) is 0 Å². The van der Waals surface area contributed by atoms with E-state index in [1.165, 1.54) is 0 Å². The predicted molar refractivity (Wildman–Crippen MR) is 49.3 cm³/mol. The molecule has 0 radical (unpaired) electrons. The molecule has 0 spiro atoms. The largest absolute Gasteiger partial charge is 0.308 e. The van der Waals surface area contributed by atoms with E-state index in [0.29, 0.717) is 11.5 Å². The Morgan fingerprint density at radius 1 is 1.62 bits per heavy atom. The number of rotatable bonds is 1. The average molecular weight is 197 g/mol. The van der Waals surface area contributed by atoms with Crippen LogP contribution in [-0.4, -0.2) is 21.7 Å². The minimum absolute atomic E-state index is 0.171. The van der Waals surface area contributed by atoms with E-state index in [0.717, 1.165) is 5.52 Å². The van der Waals surface area contributed by atoms with Gasteiger partial charge in [0.1, 0.15) is 0 Å². The van der Waals surface area contributed by atoms with E-state index in [1.54, 1.807) is 10.9 Å². The van der Waals surface area contributed by atoms with Gasteiger partial charge in [-0.1, -0.05) is 4.98 Å². The van der Waals surface area contributed by atoms with E-state index in [2.05, 4.69) is 26.7 Å². The first-order valence-corrected chi connectivity index (χ1v) is 3.97. The topological polar surface area (TPSA) is 57.8 Å². The van der Waals surface area contributed by atoms with Gasteiger partial charge in [-0.15, -0.1) is 0 Å². The monoisotopic (exact) mass is 196 g/mol. The fourth-order valence-electron chi connectivity index (χ4n) is 1.13. The Balaban J connectivity index is 2.91. The zero-order valence-electron chi connectivity index (χ0n) is 6.95. The van der Waals surface area contributed by atoms with Crippen LogP contribution in [0.1, 0.15) is 0 Å². The molecular formula is C7H7ClN5+. The van der Waals surface area contributed by atoms with Crippen molar-refractivity contribution in [3.63, 3.8) is 0 Å². The zero-order valence-corrected chi connectivity index (χ0v) is 7.71. The summed E-state index contributed by atoms with van der Waals surface area (Å²) in [5.41, 5.74) is 1.45. The van der Waals surface area contributed by atoms with Gasteiger partial charge < -0.3 is 0 Å². The molecule has 0 fully saturated rings. The average Bonchev–Trinajstić information content (AvgIpc) is 2.47. The summed E-state index contributed by atoms with van der Waals surface area (Å²) in [5, 5.41) is 0.171. The van der Waals surface area contributed by atoms with Crippen LogP contribution in [0.4, 0.5) is 5.82 Å². The Morgan fingerprint density at radius 2 is 2.38 bits per heavy atom. The minimum atomic E-state index is 0.171. The SMILES string of the molecule is C=Nc1nc(Cl)nc2c1[nH]c[n+]2C. The molecule has 6 heteroatoms. The maximum atomic E-state index is 5.69. The lowest BCUT2D eigenvalue weighted by atomic mass is 10.5. The molecule has 66 valence electrons. The van der Waals surface area contributed by atoms with Crippen LogP contribution in [0.2, 0.25) is 5.28 Å². The summed E-state index contributed by atoms with van der Waals surface area (Å²) in [6, 6.07) is 0. The molecule has 0 amide bonds. The lowest BCUT2D eigenvalue weighted by Crippen LogP contribution is -2.25. The number of H-pyrrole nitrogens is 1. The highest BCUT2D eigenvalue weighted by atomic mass is 35.5. The number of aromatic amines is 1. The molecule has 2 aromatic rings. The molecule has 0 bridgehead atoms. The van der Waals surface area contributed by atoms with Crippen LogP contribution in [-0.2, 0) is 7.05 Å². The third-order valence-corrected chi connectivity index (χ3v) is 1.90. The van der Waals surface area contributed by atoms with Crippen LogP contribution in [0.5, 0.6) is 0 Å². The van der Waals surface area contributed by atoms with Crippen molar-refractivity contribution < 1.29 is 4.57 Å². The first-order valence-electron chi connectivity index (χ1n) is 3.59. The molecule has 0 aliphatic rings. The van der Waals surface area contributed by atoms with Crippen molar-refractivity contribution >= 4 is 35.3 Å². The van der Waals surface area contributed by atoms with Gasteiger partial charge in [0.05, 0.1) is 7.05 Å². The molecule has 0 atom stereocenters. The van der Waals surface area contributed by atoms with Gasteiger partial charge in [-0.05, 0) is 18.3 Å². The molecule has 2 heterocycles. The summed E-state index contributed by atoms with van der Waals surface area (Å²) in [5.74, 6) is 0.468. The van der Waals surface area contributed by atoms with Crippen LogP contribution in [0.3, 0.4) is 0 Å². The molecule has 0 unspecified atom stereocenters. The number of aryl methyl sites for hydroxylation is 1. The standard InChI is InChI=1S/C7H6ClN5/c1-9-5-4-6(12-7(8)11-5)13(2)3-10-4/h3H,1H2,2H3/p+1. The Hall–Kier alpha value is -1.49. The maximum Gasteiger partial charge on any atom is 0.308 e. The molecule has 2 aromatic heterocycles. The van der Waals surface area contributed by atoms with Gasteiger partial charge in [-0.2, -0.15) is 4.98 Å². The van der Waals surface area contributed by atoms with Gasteiger partial charge >= 0.3 is 10.9 Å². The molecule has 2 rings (SSSR count). The molecule has 1 N–H and O–H groups in total. The van der Waals surface area contributed by atoms with Crippen LogP contribution in [0.15, 0.2) is 11.3 Å². The zero-order chi connectivity index (χ0) is 9.42. The molecule has 0 saturated heterocycles. The van der Waals surface area contributed by atoms with Crippen LogP contribution >= 0.6 is 11.6 Å². The van der Waals surface area contributed by atoms with E-state index in [4.69, 9.17) is 11.6 Å². The number of hydrogen-bond acceptors (Lipinski definition) is 3. The number of halogens is 1. The number of fused-ring (bicyclic) bond motifs is 1. The van der Waals surface area contributed by atoms with Gasteiger partial charge in [0.15, 0.2) is 6.33 Å². The highest BCUT2D eigenvalue weighted by Crippen LogP contribution is 2.19. The second-order valence-corrected chi connectivity index (χ2v) is 2.90. The Morgan fingerprint density at radius 3 is 3.08 bits per heavy atom. The van der Waals surface area contributed by atoms with Crippen LogP contribution < -0.4 is 4.57 Å². The summed E-state index contributed by atoms with van der Waals surface area (Å²) in [7, 11) is 1.86. The number of hydrogen-bond donors (Lipinski definition) is 1. The maximum absolute atomic E-state index is 5.69. The van der Waals surface area contributed by atoms with E-state index in [1.807, 2.05) is 7.05 Å². The second kappa shape index (κ2) is 2.77. The summed E-state index contributed by atoms with van der Waals surface area (Å²) >= 11 is 5.69. The Kier molecular flexibility index (Phi) is 1.73. The first kappa shape index (κ1) is 8.12. The van der Waals surface area contributed by atoms with Crippen LogP contribution in [0, 0.1) is 0 Å². The van der Waals surface area contributed by atoms with Crippen molar-refractivity contribution in [2.75, 3.05) is 0 Å². The van der Waals surface area contributed by atoms with Crippen LogP contribution in [0.25, 0.3) is 11.2 Å². The lowest BCUT2D eigenvalue weighted by Gasteiger charge is -1.89. The summed E-state index contributed by atoms with van der Waals surface area (Å²) in [6.07, 6.45) is 1.75. The third-order valence-electron chi connectivity index (χ3n) is 1.73. The predicted octanol–water partition coefficient (Wildman–Crippen LogP) is 0.768. The van der Waals surface area contributed by atoms with E-state index in [-0.39, 0.29) is 5.28 Å². The molecule has 0 aliphatic carbocycles. The fourth-order valence-corrected chi connectivity index (χ4v) is 1.29. The summed E-state index contributed by atoms with van der Waals surface area (Å²) in [4.78, 5) is 14.7. The normalized spacial score (nSPS) is 10.6. The highest BCUT2D eigenvalue weighted by Gasteiger charge is 2.15. The third kappa shape index (κ3) is 1.17. The van der Waals surface area contributed by atoms with Crippen molar-refractivity contribution in [1.29, 1.82) is 0 Å². The Bertz CT molecular complexity index is 475. The van der Waals surface area contributed by atoms with Crippen molar-refractivity contribution in [3.8, 4) is 0 Å². The molecular weight excluding hydrogens is 190 g/mol. The van der Waals surface area contributed by atoms with Crippen molar-refractivity contribution in [2.45, 2.75) is 0 Å². The Labute approximate surface area is 79.1 Å². The van der Waals surface area contributed by atoms with Gasteiger partial charge in [0.2, 0.25) is 11.3 Å². The van der Waals surface area contributed by atoms with E-state index >= 15 is 0 Å². The van der Waals surface area contributed by atoms with Gasteiger partial charge in [0, 0.05) is 0 Å². The quantitative estimate of drug-likeness (QED) is 0.416. The molecule has 5 nitrogen and oxygen atoms in total.